The van der Waals surface area contributed by atoms with Crippen molar-refractivity contribution in [3.8, 4) is 20.5 Å². The highest BCUT2D eigenvalue weighted by molar-refractivity contribution is 7.23. The first-order valence-electron chi connectivity index (χ1n) is 10.6. The van der Waals surface area contributed by atoms with Crippen LogP contribution in [-0.2, 0) is 6.54 Å². The fourth-order valence-corrected chi connectivity index (χ4v) is 6.41. The Labute approximate surface area is 184 Å². The number of aromatic nitrogens is 2. The summed E-state index contributed by atoms with van der Waals surface area (Å²) in [5, 5.41) is 2.79. The third-order valence-electron chi connectivity index (χ3n) is 6.12. The molecular formula is C24H25N3OS2. The van der Waals surface area contributed by atoms with Crippen molar-refractivity contribution in [2.45, 2.75) is 32.2 Å². The lowest BCUT2D eigenvalue weighted by molar-refractivity contribution is 0.246. The molecule has 4 nitrogen and oxygen atoms in total. The average Bonchev–Trinajstić information content (AvgIpc) is 3.48. The minimum absolute atomic E-state index is 0.0662. The van der Waals surface area contributed by atoms with Crippen molar-refractivity contribution in [1.29, 1.82) is 0 Å². The van der Waals surface area contributed by atoms with E-state index in [1.54, 1.807) is 22.7 Å². The van der Waals surface area contributed by atoms with E-state index in [1.807, 2.05) is 28.8 Å². The Morgan fingerprint density at radius 3 is 2.67 bits per heavy atom. The van der Waals surface area contributed by atoms with Crippen molar-refractivity contribution < 1.29 is 0 Å². The first-order chi connectivity index (χ1) is 14.7. The summed E-state index contributed by atoms with van der Waals surface area (Å²) in [6.45, 7) is 1.46. The van der Waals surface area contributed by atoms with E-state index in [0.29, 0.717) is 17.2 Å². The predicted molar refractivity (Wildman–Crippen MR) is 127 cm³/mol. The molecule has 1 aromatic carbocycles. The fraction of sp³-hybridized carbons (Fsp3) is 0.333. The maximum Gasteiger partial charge on any atom is 0.261 e. The van der Waals surface area contributed by atoms with Gasteiger partial charge in [-0.1, -0.05) is 24.6 Å². The Bertz CT molecular complexity index is 1210. The van der Waals surface area contributed by atoms with Gasteiger partial charge in [-0.25, -0.2) is 4.98 Å². The maximum atomic E-state index is 13.5. The first-order valence-corrected chi connectivity index (χ1v) is 12.3. The highest BCUT2D eigenvalue weighted by atomic mass is 32.1. The third kappa shape index (κ3) is 3.75. The maximum absolute atomic E-state index is 13.5. The van der Waals surface area contributed by atoms with Crippen LogP contribution in [0.15, 0.2) is 58.7 Å². The minimum Gasteiger partial charge on any atom is -0.330 e. The third-order valence-corrected chi connectivity index (χ3v) is 8.26. The average molecular weight is 436 g/mol. The molecule has 0 saturated heterocycles. The summed E-state index contributed by atoms with van der Waals surface area (Å²) >= 11 is 3.45. The van der Waals surface area contributed by atoms with Crippen LogP contribution in [0, 0.1) is 11.8 Å². The number of rotatable bonds is 5. The molecule has 0 bridgehead atoms. The van der Waals surface area contributed by atoms with Gasteiger partial charge in [0.05, 0.1) is 15.8 Å². The van der Waals surface area contributed by atoms with Crippen LogP contribution in [0.1, 0.15) is 25.7 Å². The molecule has 4 aromatic rings. The molecule has 0 amide bonds. The molecule has 5 rings (SSSR count). The van der Waals surface area contributed by atoms with E-state index in [9.17, 15) is 4.79 Å². The normalized spacial score (nSPS) is 19.4. The monoisotopic (exact) mass is 435 g/mol. The number of benzene rings is 1. The van der Waals surface area contributed by atoms with Crippen LogP contribution in [0.4, 0.5) is 0 Å². The largest absolute Gasteiger partial charge is 0.330 e. The Morgan fingerprint density at radius 2 is 1.83 bits per heavy atom. The number of nitrogens with two attached hydrogens (primary N) is 1. The molecule has 6 heteroatoms. The van der Waals surface area contributed by atoms with E-state index >= 15 is 0 Å². The van der Waals surface area contributed by atoms with E-state index in [0.717, 1.165) is 42.1 Å². The predicted octanol–water partition coefficient (Wildman–Crippen LogP) is 5.62. The van der Waals surface area contributed by atoms with Crippen molar-refractivity contribution in [1.82, 2.24) is 9.55 Å². The Balaban J connectivity index is 1.59. The zero-order valence-corrected chi connectivity index (χ0v) is 18.4. The molecule has 1 aliphatic rings. The smallest absolute Gasteiger partial charge is 0.261 e. The minimum atomic E-state index is 0.0662. The van der Waals surface area contributed by atoms with Crippen LogP contribution in [0.5, 0.6) is 0 Å². The Kier molecular flexibility index (Phi) is 5.54. The van der Waals surface area contributed by atoms with Crippen molar-refractivity contribution in [3.63, 3.8) is 0 Å². The van der Waals surface area contributed by atoms with Crippen LogP contribution in [-0.4, -0.2) is 16.1 Å². The molecule has 1 fully saturated rings. The van der Waals surface area contributed by atoms with Gasteiger partial charge in [0.1, 0.15) is 0 Å². The van der Waals surface area contributed by atoms with Crippen molar-refractivity contribution >= 4 is 33.6 Å². The number of thiophene rings is 2. The number of fused-ring (bicyclic) bond motifs is 1. The fourth-order valence-electron chi connectivity index (χ4n) is 4.58. The molecule has 3 aromatic heterocycles. The zero-order valence-electron chi connectivity index (χ0n) is 16.8. The number of nitrogens with zero attached hydrogens (tertiary/aromatic N) is 2. The second-order valence-electron chi connectivity index (χ2n) is 8.14. The van der Waals surface area contributed by atoms with Gasteiger partial charge in [0.25, 0.3) is 5.56 Å². The summed E-state index contributed by atoms with van der Waals surface area (Å²) in [4.78, 5) is 22.0. The highest BCUT2D eigenvalue weighted by Gasteiger charge is 2.24. The van der Waals surface area contributed by atoms with Crippen LogP contribution < -0.4 is 11.3 Å². The molecule has 2 N–H and O–H groups in total. The quantitative estimate of drug-likeness (QED) is 0.443. The van der Waals surface area contributed by atoms with E-state index < -0.39 is 0 Å². The van der Waals surface area contributed by atoms with E-state index in [4.69, 9.17) is 10.7 Å². The topological polar surface area (TPSA) is 60.9 Å². The molecule has 2 unspecified atom stereocenters. The summed E-state index contributed by atoms with van der Waals surface area (Å²) in [5.74, 6) is 1.84. The summed E-state index contributed by atoms with van der Waals surface area (Å²) in [6.07, 6.45) is 4.65. The van der Waals surface area contributed by atoms with Gasteiger partial charge in [-0.2, -0.15) is 0 Å². The van der Waals surface area contributed by atoms with E-state index in [1.165, 1.54) is 22.6 Å². The second-order valence-corrected chi connectivity index (χ2v) is 10.2. The second kappa shape index (κ2) is 8.46. The standard InChI is InChI=1S/C24H25N3OS2/c25-14-16-5-3-6-17(13-16)15-27-23(26-19-8-2-1-7-18(19)24(27)28)22-11-10-21(30-22)20-9-4-12-29-20/h1-2,4,7-12,16-17H,3,5-6,13-15,25H2. The first kappa shape index (κ1) is 19.7. The van der Waals surface area contributed by atoms with Gasteiger partial charge in [0, 0.05) is 16.3 Å². The van der Waals surface area contributed by atoms with Gasteiger partial charge >= 0.3 is 0 Å². The molecule has 1 saturated carbocycles. The van der Waals surface area contributed by atoms with Crippen LogP contribution in [0.25, 0.3) is 31.4 Å². The van der Waals surface area contributed by atoms with Crippen molar-refractivity contribution in [2.24, 2.45) is 17.6 Å². The molecule has 0 radical (unpaired) electrons. The molecule has 1 aliphatic carbocycles. The van der Waals surface area contributed by atoms with Crippen LogP contribution in [0.3, 0.4) is 0 Å². The number of hydrogen-bond acceptors (Lipinski definition) is 5. The summed E-state index contributed by atoms with van der Waals surface area (Å²) < 4.78 is 1.93. The molecule has 30 heavy (non-hydrogen) atoms. The van der Waals surface area contributed by atoms with Gasteiger partial charge in [0.2, 0.25) is 0 Å². The molecular weight excluding hydrogens is 410 g/mol. The van der Waals surface area contributed by atoms with E-state index in [-0.39, 0.29) is 5.56 Å². The Hall–Kier alpha value is -2.28. The summed E-state index contributed by atoms with van der Waals surface area (Å²) in [6, 6.07) is 16.1. The lowest BCUT2D eigenvalue weighted by Crippen LogP contribution is -2.30. The van der Waals surface area contributed by atoms with Crippen LogP contribution >= 0.6 is 22.7 Å². The van der Waals surface area contributed by atoms with Gasteiger partial charge < -0.3 is 5.73 Å². The molecule has 2 atom stereocenters. The number of para-hydroxylation sites is 1. The zero-order chi connectivity index (χ0) is 20.5. The van der Waals surface area contributed by atoms with E-state index in [2.05, 4.69) is 29.6 Å². The lowest BCUT2D eigenvalue weighted by atomic mass is 9.81. The molecule has 0 aliphatic heterocycles. The van der Waals surface area contributed by atoms with Gasteiger partial charge in [-0.05, 0) is 73.4 Å². The van der Waals surface area contributed by atoms with Crippen molar-refractivity contribution in [2.75, 3.05) is 6.54 Å². The SMILES string of the molecule is NCC1CCCC(Cn2c(-c3ccc(-c4cccs4)s3)nc3ccccc3c2=O)C1. The molecule has 154 valence electrons. The lowest BCUT2D eigenvalue weighted by Gasteiger charge is -2.29. The molecule has 0 spiro atoms. The van der Waals surface area contributed by atoms with Gasteiger partial charge in [-0.3, -0.25) is 9.36 Å². The van der Waals surface area contributed by atoms with Gasteiger partial charge in [0.15, 0.2) is 5.82 Å². The van der Waals surface area contributed by atoms with Gasteiger partial charge in [-0.15, -0.1) is 22.7 Å². The van der Waals surface area contributed by atoms with Crippen LogP contribution in [0.2, 0.25) is 0 Å². The Morgan fingerprint density at radius 1 is 1.00 bits per heavy atom. The molecule has 3 heterocycles. The number of hydrogen-bond donors (Lipinski definition) is 1. The summed E-state index contributed by atoms with van der Waals surface area (Å²) in [7, 11) is 0. The summed E-state index contributed by atoms with van der Waals surface area (Å²) in [5.41, 5.74) is 6.79. The highest BCUT2D eigenvalue weighted by Crippen LogP contribution is 2.37. The van der Waals surface area contributed by atoms with Crippen molar-refractivity contribution in [3.05, 3.63) is 64.3 Å².